The number of aryl methyl sites for hydroxylation is 1. The molecule has 4 atom stereocenters. The van der Waals surface area contributed by atoms with Crippen molar-refractivity contribution in [2.24, 2.45) is 17.8 Å². The molecule has 0 spiro atoms. The molecule has 0 bridgehead atoms. The smallest absolute Gasteiger partial charge is 0.0692 e. The molecule has 0 radical (unpaired) electrons. The van der Waals surface area contributed by atoms with Gasteiger partial charge in [-0.05, 0) is 55.7 Å². The van der Waals surface area contributed by atoms with Gasteiger partial charge in [0.1, 0.15) is 0 Å². The summed E-state index contributed by atoms with van der Waals surface area (Å²) in [6.07, 6.45) is 14.3. The van der Waals surface area contributed by atoms with Gasteiger partial charge in [0.15, 0.2) is 0 Å². The van der Waals surface area contributed by atoms with Crippen LogP contribution in [0.3, 0.4) is 0 Å². The molecule has 0 saturated carbocycles. The number of fused-ring (bicyclic) bond motifs is 2. The van der Waals surface area contributed by atoms with Crippen molar-refractivity contribution in [2.45, 2.75) is 46.6 Å². The van der Waals surface area contributed by atoms with E-state index < -0.39 is 0 Å². The third-order valence-corrected chi connectivity index (χ3v) is 6.59. The second-order valence-corrected chi connectivity index (χ2v) is 8.20. The average molecular weight is 346 g/mol. The maximum Gasteiger partial charge on any atom is 0.0692 e. The molecule has 0 N–H and O–H groups in total. The van der Waals surface area contributed by atoms with Crippen LogP contribution in [0.4, 0.5) is 5.69 Å². The van der Waals surface area contributed by atoms with Crippen molar-refractivity contribution in [3.8, 4) is 0 Å². The highest BCUT2D eigenvalue weighted by molar-refractivity contribution is 5.59. The largest absolute Gasteiger partial charge is 0.361 e. The Morgan fingerprint density at radius 1 is 1.08 bits per heavy atom. The monoisotopic (exact) mass is 345 g/mol. The lowest BCUT2D eigenvalue weighted by Crippen LogP contribution is -2.39. The van der Waals surface area contributed by atoms with Crippen LogP contribution < -0.4 is 4.90 Å². The van der Waals surface area contributed by atoms with E-state index in [9.17, 15) is 0 Å². The first kappa shape index (κ1) is 17.4. The minimum atomic E-state index is 0.412. The lowest BCUT2D eigenvalue weighted by Gasteiger charge is -2.39. The van der Waals surface area contributed by atoms with E-state index in [1.165, 1.54) is 29.7 Å². The summed E-state index contributed by atoms with van der Waals surface area (Å²) in [5, 5.41) is 0. The van der Waals surface area contributed by atoms with E-state index in [0.717, 1.165) is 6.54 Å². The quantitative estimate of drug-likeness (QED) is 0.584. The number of benzene rings is 1. The minimum absolute atomic E-state index is 0.412. The van der Waals surface area contributed by atoms with E-state index in [4.69, 9.17) is 0 Å². The Bertz CT molecular complexity index is 807. The van der Waals surface area contributed by atoms with Crippen molar-refractivity contribution in [3.63, 3.8) is 0 Å². The zero-order chi connectivity index (χ0) is 18.3. The van der Waals surface area contributed by atoms with Crippen molar-refractivity contribution in [1.29, 1.82) is 0 Å². The van der Waals surface area contributed by atoms with Crippen LogP contribution in [0.1, 0.15) is 39.2 Å². The molecular weight excluding hydrogens is 314 g/mol. The summed E-state index contributed by atoms with van der Waals surface area (Å²) in [7, 11) is 0. The number of rotatable bonds is 4. The molecule has 3 aliphatic carbocycles. The molecule has 1 heteroatoms. The van der Waals surface area contributed by atoms with Gasteiger partial charge in [-0.15, -0.1) is 0 Å². The first-order valence-corrected chi connectivity index (χ1v) is 10.2. The zero-order valence-electron chi connectivity index (χ0n) is 16.6. The van der Waals surface area contributed by atoms with Crippen LogP contribution in [0.15, 0.2) is 71.4 Å². The Balaban J connectivity index is 1.79. The van der Waals surface area contributed by atoms with Crippen molar-refractivity contribution in [1.82, 2.24) is 0 Å². The Morgan fingerprint density at radius 2 is 1.85 bits per heavy atom. The third-order valence-electron chi connectivity index (χ3n) is 6.59. The summed E-state index contributed by atoms with van der Waals surface area (Å²) < 4.78 is 0. The fourth-order valence-electron chi connectivity index (χ4n) is 5.18. The maximum absolute atomic E-state index is 2.66. The van der Waals surface area contributed by atoms with Crippen LogP contribution in [-0.2, 0) is 0 Å². The summed E-state index contributed by atoms with van der Waals surface area (Å²) in [4.78, 5) is 2.66. The molecular formula is C25H31N. The summed E-state index contributed by atoms with van der Waals surface area (Å²) in [5.41, 5.74) is 7.70. The lowest BCUT2D eigenvalue weighted by molar-refractivity contribution is 0.544. The van der Waals surface area contributed by atoms with E-state index >= 15 is 0 Å². The van der Waals surface area contributed by atoms with E-state index in [1.807, 2.05) is 0 Å². The summed E-state index contributed by atoms with van der Waals surface area (Å²) in [6, 6.07) is 9.29. The van der Waals surface area contributed by atoms with Gasteiger partial charge in [0.2, 0.25) is 0 Å². The molecule has 1 nitrogen and oxygen atoms in total. The van der Waals surface area contributed by atoms with Gasteiger partial charge in [-0.25, -0.2) is 0 Å². The molecule has 4 unspecified atom stereocenters. The minimum Gasteiger partial charge on any atom is -0.361 e. The summed E-state index contributed by atoms with van der Waals surface area (Å²) in [5.74, 6) is 1.85. The fourth-order valence-corrected chi connectivity index (χ4v) is 5.18. The number of hydrogen-bond acceptors (Lipinski definition) is 1. The van der Waals surface area contributed by atoms with E-state index in [2.05, 4.69) is 87.2 Å². The molecule has 3 aliphatic rings. The third kappa shape index (κ3) is 2.78. The number of hydrogen-bond donors (Lipinski definition) is 0. The highest BCUT2D eigenvalue weighted by Crippen LogP contribution is 2.50. The van der Waals surface area contributed by atoms with Gasteiger partial charge in [-0.1, -0.05) is 73.6 Å². The standard InChI is InChI=1S/C25H31N/c1-5-14-26(23-13-9-6-10-17(23)2)24-15-18(3)19(4)25-21-12-8-7-11-20(21)16-22(24)25/h6-13,15,19-21,24H,5,14,16H2,1-4H3. The Kier molecular flexibility index (Phi) is 4.65. The first-order chi connectivity index (χ1) is 12.6. The average Bonchev–Trinajstić information content (AvgIpc) is 3.03. The maximum atomic E-state index is 2.66. The molecule has 1 aromatic carbocycles. The van der Waals surface area contributed by atoms with Crippen molar-refractivity contribution >= 4 is 5.69 Å². The fraction of sp³-hybridized carbons (Fsp3) is 0.440. The van der Waals surface area contributed by atoms with Gasteiger partial charge < -0.3 is 4.90 Å². The first-order valence-electron chi connectivity index (χ1n) is 10.2. The molecule has 4 rings (SSSR count). The van der Waals surface area contributed by atoms with Crippen LogP contribution in [0.25, 0.3) is 0 Å². The molecule has 136 valence electrons. The molecule has 0 aliphatic heterocycles. The second kappa shape index (κ2) is 6.95. The van der Waals surface area contributed by atoms with E-state index in [0.29, 0.717) is 23.8 Å². The van der Waals surface area contributed by atoms with Crippen molar-refractivity contribution < 1.29 is 0 Å². The summed E-state index contributed by atoms with van der Waals surface area (Å²) >= 11 is 0. The van der Waals surface area contributed by atoms with Crippen molar-refractivity contribution in [2.75, 3.05) is 11.4 Å². The number of nitrogens with zero attached hydrogens (tertiary/aromatic N) is 1. The number of anilines is 1. The molecule has 0 heterocycles. The number of para-hydroxylation sites is 1. The normalized spacial score (nSPS) is 29.5. The molecule has 0 fully saturated rings. The van der Waals surface area contributed by atoms with Gasteiger partial charge in [0.25, 0.3) is 0 Å². The summed E-state index contributed by atoms with van der Waals surface area (Å²) in [6.45, 7) is 10.4. The van der Waals surface area contributed by atoms with Crippen molar-refractivity contribution in [3.05, 3.63) is 76.9 Å². The SMILES string of the molecule is CCCN(c1ccccc1C)C1C=C(C)C(C)C2=C1CC1C=CC=CC21. The van der Waals surface area contributed by atoms with Gasteiger partial charge in [-0.2, -0.15) is 0 Å². The predicted molar refractivity (Wildman–Crippen MR) is 112 cm³/mol. The van der Waals surface area contributed by atoms with Gasteiger partial charge in [0.05, 0.1) is 6.04 Å². The van der Waals surface area contributed by atoms with E-state index in [-0.39, 0.29) is 0 Å². The Morgan fingerprint density at radius 3 is 2.62 bits per heavy atom. The molecule has 0 amide bonds. The van der Waals surface area contributed by atoms with Crippen LogP contribution in [0, 0.1) is 24.7 Å². The number of allylic oxidation sites excluding steroid dienone is 6. The Labute approximate surface area is 158 Å². The molecule has 0 saturated heterocycles. The lowest BCUT2D eigenvalue weighted by atomic mass is 9.77. The highest BCUT2D eigenvalue weighted by atomic mass is 15.2. The van der Waals surface area contributed by atoms with Crippen LogP contribution in [0.5, 0.6) is 0 Å². The topological polar surface area (TPSA) is 3.24 Å². The van der Waals surface area contributed by atoms with Gasteiger partial charge in [-0.3, -0.25) is 0 Å². The van der Waals surface area contributed by atoms with Crippen LogP contribution in [0.2, 0.25) is 0 Å². The van der Waals surface area contributed by atoms with Gasteiger partial charge in [0, 0.05) is 18.2 Å². The van der Waals surface area contributed by atoms with Crippen LogP contribution >= 0.6 is 0 Å². The van der Waals surface area contributed by atoms with Gasteiger partial charge >= 0.3 is 0 Å². The van der Waals surface area contributed by atoms with Crippen LogP contribution in [-0.4, -0.2) is 12.6 Å². The highest BCUT2D eigenvalue weighted by Gasteiger charge is 2.41. The molecule has 1 aromatic rings. The molecule has 0 aromatic heterocycles. The predicted octanol–water partition coefficient (Wildman–Crippen LogP) is 6.23. The molecule has 26 heavy (non-hydrogen) atoms. The Hall–Kier alpha value is -2.02. The second-order valence-electron chi connectivity index (χ2n) is 8.20. The van der Waals surface area contributed by atoms with E-state index in [1.54, 1.807) is 11.1 Å². The zero-order valence-corrected chi connectivity index (χ0v) is 16.6.